The molecule has 0 aromatic rings. The Morgan fingerprint density at radius 1 is 1.64 bits per heavy atom. The minimum absolute atomic E-state index is 0.567. The van der Waals surface area contributed by atoms with E-state index in [2.05, 4.69) is 24.2 Å². The van der Waals surface area contributed by atoms with Gasteiger partial charge in [0.15, 0.2) is 5.11 Å². The highest BCUT2D eigenvalue weighted by Crippen LogP contribution is 2.34. The van der Waals surface area contributed by atoms with E-state index in [9.17, 15) is 0 Å². The fraction of sp³-hybridized carbons (Fsp3) is 0.900. The van der Waals surface area contributed by atoms with Gasteiger partial charge < -0.3 is 15.0 Å². The van der Waals surface area contributed by atoms with E-state index in [1.807, 2.05) is 0 Å². The fourth-order valence-corrected chi connectivity index (χ4v) is 1.73. The van der Waals surface area contributed by atoms with E-state index in [1.165, 1.54) is 12.8 Å². The van der Waals surface area contributed by atoms with Gasteiger partial charge in [-0.05, 0) is 37.9 Å². The molecule has 1 unspecified atom stereocenters. The van der Waals surface area contributed by atoms with Crippen molar-refractivity contribution < 1.29 is 4.74 Å². The average molecular weight is 216 g/mol. The summed E-state index contributed by atoms with van der Waals surface area (Å²) >= 11 is 5.27. The van der Waals surface area contributed by atoms with Crippen LogP contribution in [0, 0.1) is 5.92 Å². The highest BCUT2D eigenvalue weighted by atomic mass is 32.1. The van der Waals surface area contributed by atoms with Gasteiger partial charge in [-0.25, -0.2) is 0 Å². The van der Waals surface area contributed by atoms with Crippen LogP contribution in [0.5, 0.6) is 0 Å². The molecule has 4 heteroatoms. The summed E-state index contributed by atoms with van der Waals surface area (Å²) in [6.45, 7) is 3.73. The minimum atomic E-state index is 0.567. The Morgan fingerprint density at radius 3 is 2.79 bits per heavy atom. The van der Waals surface area contributed by atoms with Gasteiger partial charge in [-0.1, -0.05) is 0 Å². The third-order valence-corrected chi connectivity index (χ3v) is 3.25. The zero-order chi connectivity index (χ0) is 10.6. The van der Waals surface area contributed by atoms with Gasteiger partial charge >= 0.3 is 0 Å². The SMILES string of the molecule is COCCNC(=S)N(C)C(C)C1CC1. The molecule has 0 heterocycles. The van der Waals surface area contributed by atoms with Crippen LogP contribution in [0.1, 0.15) is 19.8 Å². The van der Waals surface area contributed by atoms with Crippen LogP contribution >= 0.6 is 12.2 Å². The van der Waals surface area contributed by atoms with Gasteiger partial charge in [0.05, 0.1) is 6.61 Å². The Morgan fingerprint density at radius 2 is 2.29 bits per heavy atom. The van der Waals surface area contributed by atoms with E-state index in [4.69, 9.17) is 17.0 Å². The van der Waals surface area contributed by atoms with Gasteiger partial charge in [0.2, 0.25) is 0 Å². The third kappa shape index (κ3) is 3.42. The van der Waals surface area contributed by atoms with Crippen LogP contribution in [0.25, 0.3) is 0 Å². The lowest BCUT2D eigenvalue weighted by Gasteiger charge is -2.27. The molecule has 1 fully saturated rings. The summed E-state index contributed by atoms with van der Waals surface area (Å²) in [5.41, 5.74) is 0. The Kier molecular flexibility index (Phi) is 4.62. The second kappa shape index (κ2) is 5.51. The lowest BCUT2D eigenvalue weighted by atomic mass is 10.2. The first kappa shape index (κ1) is 11.7. The first-order valence-electron chi connectivity index (χ1n) is 5.16. The molecule has 0 saturated heterocycles. The summed E-state index contributed by atoms with van der Waals surface area (Å²) < 4.78 is 4.95. The van der Waals surface area contributed by atoms with Gasteiger partial charge in [-0.2, -0.15) is 0 Å². The number of nitrogens with one attached hydrogen (secondary N) is 1. The molecule has 1 rings (SSSR count). The maximum atomic E-state index is 5.27. The van der Waals surface area contributed by atoms with Crippen LogP contribution in [0.4, 0.5) is 0 Å². The van der Waals surface area contributed by atoms with Crippen LogP contribution in [0.2, 0.25) is 0 Å². The van der Waals surface area contributed by atoms with Crippen molar-refractivity contribution >= 4 is 17.3 Å². The van der Waals surface area contributed by atoms with E-state index >= 15 is 0 Å². The molecule has 1 atom stereocenters. The van der Waals surface area contributed by atoms with E-state index in [-0.39, 0.29) is 0 Å². The maximum Gasteiger partial charge on any atom is 0.169 e. The van der Waals surface area contributed by atoms with Crippen LogP contribution in [-0.2, 0) is 4.74 Å². The summed E-state index contributed by atoms with van der Waals surface area (Å²) in [6, 6.07) is 0.567. The normalized spacial score (nSPS) is 17.6. The second-order valence-electron chi connectivity index (χ2n) is 3.91. The van der Waals surface area contributed by atoms with E-state index in [0.717, 1.165) is 17.6 Å². The summed E-state index contributed by atoms with van der Waals surface area (Å²) in [5.74, 6) is 0.849. The molecule has 1 saturated carbocycles. The van der Waals surface area contributed by atoms with Crippen LogP contribution < -0.4 is 5.32 Å². The molecule has 1 aliphatic carbocycles. The molecular formula is C10H20N2OS. The van der Waals surface area contributed by atoms with E-state index in [0.29, 0.717) is 12.6 Å². The zero-order valence-corrected chi connectivity index (χ0v) is 10.1. The largest absolute Gasteiger partial charge is 0.383 e. The van der Waals surface area contributed by atoms with Crippen molar-refractivity contribution in [1.82, 2.24) is 10.2 Å². The average Bonchev–Trinajstić information content (AvgIpc) is 2.99. The molecule has 0 spiro atoms. The first-order chi connectivity index (χ1) is 6.66. The fourth-order valence-electron chi connectivity index (χ4n) is 1.46. The van der Waals surface area contributed by atoms with Crippen molar-refractivity contribution in [3.05, 3.63) is 0 Å². The lowest BCUT2D eigenvalue weighted by molar-refractivity contribution is 0.202. The molecule has 1 N–H and O–H groups in total. The van der Waals surface area contributed by atoms with Crippen molar-refractivity contribution in [2.45, 2.75) is 25.8 Å². The highest BCUT2D eigenvalue weighted by Gasteiger charge is 2.31. The molecular weight excluding hydrogens is 196 g/mol. The molecule has 0 bridgehead atoms. The molecule has 82 valence electrons. The van der Waals surface area contributed by atoms with E-state index < -0.39 is 0 Å². The quantitative estimate of drug-likeness (QED) is 0.552. The molecule has 14 heavy (non-hydrogen) atoms. The summed E-state index contributed by atoms with van der Waals surface area (Å²) in [7, 11) is 3.76. The summed E-state index contributed by atoms with van der Waals surface area (Å²) in [6.07, 6.45) is 2.71. The standard InChI is InChI=1S/C10H20N2OS/c1-8(9-4-5-9)12(2)10(14)11-6-7-13-3/h8-9H,4-7H2,1-3H3,(H,11,14). The molecule has 0 amide bonds. The molecule has 0 aromatic heterocycles. The Bertz CT molecular complexity index is 195. The van der Waals surface area contributed by atoms with Crippen molar-refractivity contribution in [3.8, 4) is 0 Å². The zero-order valence-electron chi connectivity index (χ0n) is 9.25. The number of methoxy groups -OCH3 is 1. The maximum absolute atomic E-state index is 5.27. The van der Waals surface area contributed by atoms with Gasteiger partial charge in [-0.3, -0.25) is 0 Å². The third-order valence-electron chi connectivity index (χ3n) is 2.82. The van der Waals surface area contributed by atoms with Crippen LogP contribution in [0.3, 0.4) is 0 Å². The van der Waals surface area contributed by atoms with Gasteiger partial charge in [0.25, 0.3) is 0 Å². The van der Waals surface area contributed by atoms with Gasteiger partial charge in [0, 0.05) is 26.7 Å². The topological polar surface area (TPSA) is 24.5 Å². The molecule has 0 aromatic carbocycles. The van der Waals surface area contributed by atoms with Crippen LogP contribution in [0.15, 0.2) is 0 Å². The molecule has 0 radical (unpaired) electrons. The van der Waals surface area contributed by atoms with Crippen molar-refractivity contribution in [3.63, 3.8) is 0 Å². The number of rotatable bonds is 5. The summed E-state index contributed by atoms with van der Waals surface area (Å²) in [4.78, 5) is 2.16. The molecule has 1 aliphatic rings. The Labute approximate surface area is 91.8 Å². The molecule has 0 aliphatic heterocycles. The monoisotopic (exact) mass is 216 g/mol. The number of hydrogen-bond donors (Lipinski definition) is 1. The number of thiocarbonyl (C=S) groups is 1. The van der Waals surface area contributed by atoms with Crippen molar-refractivity contribution in [1.29, 1.82) is 0 Å². The number of hydrogen-bond acceptors (Lipinski definition) is 2. The Balaban J connectivity index is 2.20. The lowest BCUT2D eigenvalue weighted by Crippen LogP contribution is -2.44. The van der Waals surface area contributed by atoms with Crippen molar-refractivity contribution in [2.24, 2.45) is 5.92 Å². The summed E-state index contributed by atoms with van der Waals surface area (Å²) in [5, 5.41) is 4.01. The van der Waals surface area contributed by atoms with E-state index in [1.54, 1.807) is 7.11 Å². The number of ether oxygens (including phenoxy) is 1. The van der Waals surface area contributed by atoms with Gasteiger partial charge in [-0.15, -0.1) is 0 Å². The smallest absolute Gasteiger partial charge is 0.169 e. The van der Waals surface area contributed by atoms with Crippen LogP contribution in [-0.4, -0.2) is 43.4 Å². The van der Waals surface area contributed by atoms with Gasteiger partial charge in [0.1, 0.15) is 0 Å². The first-order valence-corrected chi connectivity index (χ1v) is 5.57. The predicted octanol–water partition coefficient (Wildman–Crippen LogP) is 1.24. The second-order valence-corrected chi connectivity index (χ2v) is 4.30. The highest BCUT2D eigenvalue weighted by molar-refractivity contribution is 7.80. The molecule has 3 nitrogen and oxygen atoms in total. The Hall–Kier alpha value is -0.350. The number of nitrogens with zero attached hydrogens (tertiary/aromatic N) is 1. The predicted molar refractivity (Wildman–Crippen MR) is 62.4 cm³/mol. The minimum Gasteiger partial charge on any atom is -0.383 e. The van der Waals surface area contributed by atoms with Crippen molar-refractivity contribution in [2.75, 3.05) is 27.3 Å².